The summed E-state index contributed by atoms with van der Waals surface area (Å²) in [6.07, 6.45) is 3.47. The molecule has 0 saturated heterocycles. The number of halogens is 1. The molecule has 0 spiro atoms. The minimum absolute atomic E-state index is 0.169. The number of aliphatic hydroxyl groups is 1. The molecule has 2 aliphatic carbocycles. The Kier molecular flexibility index (Phi) is 4.48. The summed E-state index contributed by atoms with van der Waals surface area (Å²) in [5.74, 6) is 1.14. The van der Waals surface area contributed by atoms with Crippen molar-refractivity contribution in [2.75, 3.05) is 0 Å². The number of benzene rings is 1. The van der Waals surface area contributed by atoms with E-state index in [1.165, 1.54) is 31.4 Å². The van der Waals surface area contributed by atoms with Crippen molar-refractivity contribution in [1.82, 2.24) is 0 Å². The molecule has 3 rings (SSSR count). The molecule has 1 N–H and O–H groups in total. The summed E-state index contributed by atoms with van der Waals surface area (Å²) in [6, 6.07) is 6.03. The van der Waals surface area contributed by atoms with Gasteiger partial charge in [-0.2, -0.15) is 0 Å². The number of fused-ring (bicyclic) bond motifs is 2. The summed E-state index contributed by atoms with van der Waals surface area (Å²) in [4.78, 5) is 12.1. The van der Waals surface area contributed by atoms with Crippen molar-refractivity contribution in [3.63, 3.8) is 0 Å². The van der Waals surface area contributed by atoms with Crippen LogP contribution in [0.5, 0.6) is 0 Å². The van der Waals surface area contributed by atoms with Gasteiger partial charge in [-0.25, -0.2) is 4.39 Å². The molecule has 0 radical (unpaired) electrons. The van der Waals surface area contributed by atoms with Crippen molar-refractivity contribution in [2.24, 2.45) is 17.8 Å². The highest BCUT2D eigenvalue weighted by molar-refractivity contribution is 5.70. The lowest BCUT2D eigenvalue weighted by molar-refractivity contribution is -0.155. The number of hydrogen-bond donors (Lipinski definition) is 1. The standard InChI is InChI=1S/C18H23FO3/c1-11(18(21)15-4-2-3-5-16(15)19)22-17(20)10-14-9-12-6-7-13(14)8-12/h2-5,11-14,18,21H,6-10H2,1H3/t11-,12?,13?,14?,18+/m0/s1. The zero-order valence-corrected chi connectivity index (χ0v) is 12.9. The minimum Gasteiger partial charge on any atom is -0.460 e. The van der Waals surface area contributed by atoms with Crippen molar-refractivity contribution >= 4 is 5.97 Å². The number of carbonyl (C=O) groups excluding carboxylic acids is 1. The molecule has 0 amide bonds. The second kappa shape index (κ2) is 6.37. The van der Waals surface area contributed by atoms with Gasteiger partial charge in [0.1, 0.15) is 18.0 Å². The number of aliphatic hydroxyl groups excluding tert-OH is 1. The van der Waals surface area contributed by atoms with Gasteiger partial charge in [-0.3, -0.25) is 4.79 Å². The van der Waals surface area contributed by atoms with Crippen LogP contribution in [0.25, 0.3) is 0 Å². The van der Waals surface area contributed by atoms with Crippen molar-refractivity contribution in [3.8, 4) is 0 Å². The fraction of sp³-hybridized carbons (Fsp3) is 0.611. The fourth-order valence-electron chi connectivity index (χ4n) is 4.13. The number of ether oxygens (including phenoxy) is 1. The summed E-state index contributed by atoms with van der Waals surface area (Å²) in [5, 5.41) is 10.2. The molecule has 3 unspecified atom stereocenters. The van der Waals surface area contributed by atoms with E-state index in [4.69, 9.17) is 4.74 Å². The van der Waals surface area contributed by atoms with Crippen molar-refractivity contribution in [1.29, 1.82) is 0 Å². The Labute approximate surface area is 130 Å². The fourth-order valence-corrected chi connectivity index (χ4v) is 4.13. The maximum Gasteiger partial charge on any atom is 0.306 e. The molecule has 0 heterocycles. The van der Waals surface area contributed by atoms with Crippen molar-refractivity contribution in [2.45, 2.75) is 51.2 Å². The third-order valence-electron chi connectivity index (χ3n) is 5.30. The van der Waals surface area contributed by atoms with Crippen LogP contribution in [0.3, 0.4) is 0 Å². The molecule has 0 aromatic heterocycles. The zero-order valence-electron chi connectivity index (χ0n) is 12.9. The maximum absolute atomic E-state index is 13.7. The lowest BCUT2D eigenvalue weighted by Gasteiger charge is -2.23. The van der Waals surface area contributed by atoms with Crippen LogP contribution in [0, 0.1) is 23.6 Å². The predicted octanol–water partition coefficient (Wildman–Crippen LogP) is 3.62. The number of hydrogen-bond acceptors (Lipinski definition) is 3. The second-order valence-electron chi connectivity index (χ2n) is 6.80. The molecular formula is C18H23FO3. The number of carbonyl (C=O) groups is 1. The summed E-state index contributed by atoms with van der Waals surface area (Å²) < 4.78 is 19.0. The van der Waals surface area contributed by atoms with Gasteiger partial charge in [-0.15, -0.1) is 0 Å². The number of esters is 1. The summed E-state index contributed by atoms with van der Waals surface area (Å²) >= 11 is 0. The van der Waals surface area contributed by atoms with Gasteiger partial charge in [0.2, 0.25) is 0 Å². The Morgan fingerprint density at radius 2 is 2.14 bits per heavy atom. The molecule has 120 valence electrons. The predicted molar refractivity (Wildman–Crippen MR) is 80.5 cm³/mol. The van der Waals surface area contributed by atoms with Crippen molar-refractivity contribution < 1.29 is 19.0 Å². The molecule has 1 aromatic rings. The Balaban J connectivity index is 1.53. The van der Waals surface area contributed by atoms with E-state index in [0.29, 0.717) is 18.3 Å². The normalized spacial score (nSPS) is 29.3. The van der Waals surface area contributed by atoms with Crippen LogP contribution in [-0.4, -0.2) is 17.2 Å². The van der Waals surface area contributed by atoms with Crippen LogP contribution >= 0.6 is 0 Å². The Hall–Kier alpha value is -1.42. The Morgan fingerprint density at radius 3 is 2.77 bits per heavy atom. The summed E-state index contributed by atoms with van der Waals surface area (Å²) in [6.45, 7) is 1.61. The molecule has 3 nitrogen and oxygen atoms in total. The zero-order chi connectivity index (χ0) is 15.7. The lowest BCUT2D eigenvalue weighted by Crippen LogP contribution is -2.25. The van der Waals surface area contributed by atoms with Gasteiger partial charge in [0.05, 0.1) is 0 Å². The van der Waals surface area contributed by atoms with Gasteiger partial charge >= 0.3 is 5.97 Å². The van der Waals surface area contributed by atoms with E-state index in [2.05, 4.69) is 0 Å². The molecule has 22 heavy (non-hydrogen) atoms. The van der Waals surface area contributed by atoms with E-state index in [1.54, 1.807) is 19.1 Å². The second-order valence-corrected chi connectivity index (χ2v) is 6.80. The van der Waals surface area contributed by atoms with Gasteiger partial charge in [-0.1, -0.05) is 24.6 Å². The van der Waals surface area contributed by atoms with E-state index in [9.17, 15) is 14.3 Å². The van der Waals surface area contributed by atoms with E-state index in [0.717, 1.165) is 12.3 Å². The van der Waals surface area contributed by atoms with E-state index >= 15 is 0 Å². The van der Waals surface area contributed by atoms with Gasteiger partial charge in [0.25, 0.3) is 0 Å². The summed E-state index contributed by atoms with van der Waals surface area (Å²) in [7, 11) is 0. The first kappa shape index (κ1) is 15.5. The quantitative estimate of drug-likeness (QED) is 0.845. The Bertz CT molecular complexity index is 545. The van der Waals surface area contributed by atoms with Gasteiger partial charge < -0.3 is 9.84 Å². The first-order chi connectivity index (χ1) is 10.5. The van der Waals surface area contributed by atoms with Gasteiger partial charge in [-0.05, 0) is 50.0 Å². The van der Waals surface area contributed by atoms with Gasteiger partial charge in [0, 0.05) is 12.0 Å². The molecule has 1 aromatic carbocycles. The van der Waals surface area contributed by atoms with E-state index in [-0.39, 0.29) is 11.5 Å². The molecule has 2 bridgehead atoms. The smallest absolute Gasteiger partial charge is 0.306 e. The van der Waals surface area contributed by atoms with E-state index in [1.807, 2.05) is 0 Å². The van der Waals surface area contributed by atoms with Crippen LogP contribution in [0.2, 0.25) is 0 Å². The first-order valence-corrected chi connectivity index (χ1v) is 8.16. The van der Waals surface area contributed by atoms with Crippen LogP contribution < -0.4 is 0 Å². The molecule has 2 aliphatic rings. The maximum atomic E-state index is 13.7. The monoisotopic (exact) mass is 306 g/mol. The van der Waals surface area contributed by atoms with Crippen LogP contribution in [-0.2, 0) is 9.53 Å². The largest absolute Gasteiger partial charge is 0.460 e. The van der Waals surface area contributed by atoms with E-state index < -0.39 is 18.0 Å². The minimum atomic E-state index is -1.13. The lowest BCUT2D eigenvalue weighted by atomic mass is 9.86. The first-order valence-electron chi connectivity index (χ1n) is 8.16. The van der Waals surface area contributed by atoms with Crippen LogP contribution in [0.15, 0.2) is 24.3 Å². The molecule has 0 aliphatic heterocycles. The van der Waals surface area contributed by atoms with Crippen LogP contribution in [0.4, 0.5) is 4.39 Å². The van der Waals surface area contributed by atoms with Crippen molar-refractivity contribution in [3.05, 3.63) is 35.6 Å². The topological polar surface area (TPSA) is 46.5 Å². The Morgan fingerprint density at radius 1 is 1.36 bits per heavy atom. The molecule has 2 fully saturated rings. The van der Waals surface area contributed by atoms with Crippen LogP contribution in [0.1, 0.15) is 50.7 Å². The molecular weight excluding hydrogens is 283 g/mol. The van der Waals surface area contributed by atoms with Gasteiger partial charge in [0.15, 0.2) is 0 Å². The SMILES string of the molecule is C[C@H](OC(=O)CC1CC2CCC1C2)[C@@H](O)c1ccccc1F. The summed E-state index contributed by atoms with van der Waals surface area (Å²) in [5.41, 5.74) is 0.169. The molecule has 5 atom stereocenters. The number of rotatable bonds is 5. The molecule has 4 heteroatoms. The third kappa shape index (κ3) is 3.17. The average molecular weight is 306 g/mol. The third-order valence-corrected chi connectivity index (χ3v) is 5.30. The highest BCUT2D eigenvalue weighted by atomic mass is 19.1. The molecule has 2 saturated carbocycles. The highest BCUT2D eigenvalue weighted by Crippen LogP contribution is 2.49. The highest BCUT2D eigenvalue weighted by Gasteiger charge is 2.40. The average Bonchev–Trinajstić information content (AvgIpc) is 3.09.